The van der Waals surface area contributed by atoms with Crippen LogP contribution in [-0.2, 0) is 0 Å². The summed E-state index contributed by atoms with van der Waals surface area (Å²) in [6.45, 7) is 0. The molecule has 0 saturated carbocycles. The first kappa shape index (κ1) is 17.0. The summed E-state index contributed by atoms with van der Waals surface area (Å²) in [4.78, 5) is 4.54. The van der Waals surface area contributed by atoms with Crippen LogP contribution in [0.25, 0.3) is 22.9 Å². The fraction of sp³-hybridized carbons (Fsp3) is 0. The van der Waals surface area contributed by atoms with Gasteiger partial charge in [0.1, 0.15) is 11.1 Å². The summed E-state index contributed by atoms with van der Waals surface area (Å²) >= 11 is 19.6. The molecule has 0 atom stereocenters. The summed E-state index contributed by atoms with van der Waals surface area (Å²) in [5.74, 6) is 0. The second kappa shape index (κ2) is 7.38. The smallest absolute Gasteiger partial charge is 0.134 e. The SMILES string of the molecule is N#C/C(=C/c1c(Cl)cccc1Cl)c1nc(-c2ccc(Cl)cc2)cs1. The van der Waals surface area contributed by atoms with Crippen molar-refractivity contribution in [2.45, 2.75) is 0 Å². The molecule has 0 fully saturated rings. The maximum atomic E-state index is 9.48. The van der Waals surface area contributed by atoms with Crippen LogP contribution >= 0.6 is 46.1 Å². The van der Waals surface area contributed by atoms with Gasteiger partial charge in [-0.05, 0) is 30.3 Å². The third-order valence-electron chi connectivity index (χ3n) is 3.28. The van der Waals surface area contributed by atoms with Crippen LogP contribution in [-0.4, -0.2) is 4.98 Å². The number of nitriles is 1. The van der Waals surface area contributed by atoms with Gasteiger partial charge in [-0.25, -0.2) is 4.98 Å². The molecule has 0 aliphatic heterocycles. The van der Waals surface area contributed by atoms with Gasteiger partial charge in [0, 0.05) is 31.6 Å². The third kappa shape index (κ3) is 3.63. The molecule has 0 saturated heterocycles. The van der Waals surface area contributed by atoms with Crippen molar-refractivity contribution in [2.75, 3.05) is 0 Å². The molecule has 1 heterocycles. The van der Waals surface area contributed by atoms with Crippen molar-refractivity contribution in [3.8, 4) is 17.3 Å². The first-order chi connectivity index (χ1) is 11.6. The van der Waals surface area contributed by atoms with Crippen LogP contribution in [0.3, 0.4) is 0 Å². The quantitative estimate of drug-likeness (QED) is 0.458. The van der Waals surface area contributed by atoms with E-state index in [4.69, 9.17) is 34.8 Å². The van der Waals surface area contributed by atoms with Crippen molar-refractivity contribution in [3.63, 3.8) is 0 Å². The number of rotatable bonds is 3. The van der Waals surface area contributed by atoms with E-state index in [9.17, 15) is 5.26 Å². The Morgan fingerprint density at radius 1 is 1.04 bits per heavy atom. The van der Waals surface area contributed by atoms with Crippen LogP contribution in [0, 0.1) is 11.3 Å². The molecule has 0 spiro atoms. The molecular weight excluding hydrogens is 383 g/mol. The lowest BCUT2D eigenvalue weighted by Gasteiger charge is -2.02. The number of hydrogen-bond acceptors (Lipinski definition) is 3. The van der Waals surface area contributed by atoms with Gasteiger partial charge in [-0.1, -0.05) is 53.0 Å². The minimum Gasteiger partial charge on any atom is -0.235 e. The molecule has 24 heavy (non-hydrogen) atoms. The molecule has 2 nitrogen and oxygen atoms in total. The summed E-state index contributed by atoms with van der Waals surface area (Å²) in [6.07, 6.45) is 1.66. The molecule has 1 aromatic heterocycles. The van der Waals surface area contributed by atoms with Crippen molar-refractivity contribution in [2.24, 2.45) is 0 Å². The minimum absolute atomic E-state index is 0.412. The second-order valence-electron chi connectivity index (χ2n) is 4.85. The van der Waals surface area contributed by atoms with Gasteiger partial charge in [-0.15, -0.1) is 11.3 Å². The van der Waals surface area contributed by atoms with Crippen LogP contribution < -0.4 is 0 Å². The highest BCUT2D eigenvalue weighted by Crippen LogP contribution is 2.31. The van der Waals surface area contributed by atoms with Gasteiger partial charge in [-0.3, -0.25) is 0 Å². The van der Waals surface area contributed by atoms with E-state index >= 15 is 0 Å². The molecule has 0 bridgehead atoms. The molecule has 0 amide bonds. The van der Waals surface area contributed by atoms with Crippen LogP contribution in [0.1, 0.15) is 10.6 Å². The van der Waals surface area contributed by atoms with Crippen molar-refractivity contribution in [3.05, 3.63) is 73.5 Å². The maximum absolute atomic E-state index is 9.48. The Morgan fingerprint density at radius 2 is 1.71 bits per heavy atom. The predicted molar refractivity (Wildman–Crippen MR) is 103 cm³/mol. The zero-order valence-electron chi connectivity index (χ0n) is 12.1. The summed E-state index contributed by atoms with van der Waals surface area (Å²) in [5, 5.41) is 13.6. The summed E-state index contributed by atoms with van der Waals surface area (Å²) in [7, 11) is 0. The highest BCUT2D eigenvalue weighted by molar-refractivity contribution is 7.11. The zero-order chi connectivity index (χ0) is 17.1. The Hall–Kier alpha value is -1.83. The van der Waals surface area contributed by atoms with Gasteiger partial charge in [0.05, 0.1) is 11.3 Å². The van der Waals surface area contributed by atoms with E-state index in [1.165, 1.54) is 11.3 Å². The van der Waals surface area contributed by atoms with Crippen molar-refractivity contribution < 1.29 is 0 Å². The lowest BCUT2D eigenvalue weighted by Crippen LogP contribution is -1.84. The molecule has 0 radical (unpaired) electrons. The predicted octanol–water partition coefficient (Wildman–Crippen LogP) is 6.83. The van der Waals surface area contributed by atoms with Gasteiger partial charge in [0.2, 0.25) is 0 Å². The van der Waals surface area contributed by atoms with Crippen molar-refractivity contribution in [1.29, 1.82) is 5.26 Å². The third-order valence-corrected chi connectivity index (χ3v) is 5.07. The van der Waals surface area contributed by atoms with E-state index < -0.39 is 0 Å². The first-order valence-electron chi connectivity index (χ1n) is 6.86. The van der Waals surface area contributed by atoms with Gasteiger partial charge in [-0.2, -0.15) is 5.26 Å². The summed E-state index contributed by atoms with van der Waals surface area (Å²) in [6, 6.07) is 14.8. The lowest BCUT2D eigenvalue weighted by molar-refractivity contribution is 1.37. The second-order valence-corrected chi connectivity index (χ2v) is 6.96. The molecule has 0 aliphatic rings. The van der Waals surface area contributed by atoms with Crippen LogP contribution in [0.15, 0.2) is 47.8 Å². The average Bonchev–Trinajstić information content (AvgIpc) is 3.05. The normalized spacial score (nSPS) is 11.3. The number of thiazole rings is 1. The Balaban J connectivity index is 2.00. The fourth-order valence-electron chi connectivity index (χ4n) is 2.09. The highest BCUT2D eigenvalue weighted by atomic mass is 35.5. The van der Waals surface area contributed by atoms with Crippen LogP contribution in [0.5, 0.6) is 0 Å². The molecule has 3 rings (SSSR count). The largest absolute Gasteiger partial charge is 0.235 e. The van der Waals surface area contributed by atoms with Gasteiger partial charge in [0.15, 0.2) is 0 Å². The van der Waals surface area contributed by atoms with Gasteiger partial charge >= 0.3 is 0 Å². The zero-order valence-corrected chi connectivity index (χ0v) is 15.2. The topological polar surface area (TPSA) is 36.7 Å². The van der Waals surface area contributed by atoms with Crippen LogP contribution in [0.2, 0.25) is 15.1 Å². The molecule has 6 heteroatoms. The van der Waals surface area contributed by atoms with Crippen molar-refractivity contribution >= 4 is 57.8 Å². The van der Waals surface area contributed by atoms with E-state index in [1.807, 2.05) is 17.5 Å². The van der Waals surface area contributed by atoms with E-state index in [0.717, 1.165) is 11.3 Å². The van der Waals surface area contributed by atoms with E-state index in [1.54, 1.807) is 36.4 Å². The molecule has 2 aromatic carbocycles. The summed E-state index contributed by atoms with van der Waals surface area (Å²) in [5.41, 5.74) is 2.75. The average molecular weight is 392 g/mol. The van der Waals surface area contributed by atoms with Gasteiger partial charge < -0.3 is 0 Å². The van der Waals surface area contributed by atoms with E-state index in [0.29, 0.717) is 31.2 Å². The molecule has 0 N–H and O–H groups in total. The molecule has 118 valence electrons. The standard InChI is InChI=1S/C18H9Cl3N2S/c19-13-6-4-11(5-7-13)17-10-24-18(23-17)12(9-22)8-14-15(20)2-1-3-16(14)21/h1-8,10H/b12-8-. The number of nitrogens with zero attached hydrogens (tertiary/aromatic N) is 2. The first-order valence-corrected chi connectivity index (χ1v) is 8.87. The number of aromatic nitrogens is 1. The summed E-state index contributed by atoms with van der Waals surface area (Å²) < 4.78 is 0. The monoisotopic (exact) mass is 390 g/mol. The Morgan fingerprint density at radius 3 is 2.33 bits per heavy atom. The van der Waals surface area contributed by atoms with Crippen LogP contribution in [0.4, 0.5) is 0 Å². The Labute approximate surface area is 158 Å². The van der Waals surface area contributed by atoms with E-state index in [2.05, 4.69) is 11.1 Å². The number of hydrogen-bond donors (Lipinski definition) is 0. The van der Waals surface area contributed by atoms with Gasteiger partial charge in [0.25, 0.3) is 0 Å². The fourth-order valence-corrected chi connectivity index (χ4v) is 3.51. The molecular formula is C18H9Cl3N2S. The lowest BCUT2D eigenvalue weighted by atomic mass is 10.1. The van der Waals surface area contributed by atoms with Crippen molar-refractivity contribution in [1.82, 2.24) is 4.98 Å². The van der Waals surface area contributed by atoms with E-state index in [-0.39, 0.29) is 0 Å². The maximum Gasteiger partial charge on any atom is 0.134 e. The molecule has 3 aromatic rings. The molecule has 0 aliphatic carbocycles. The Kier molecular flexibility index (Phi) is 5.23. The number of halogens is 3. The Bertz CT molecular complexity index is 933. The molecule has 0 unspecified atom stereocenters. The minimum atomic E-state index is 0.412. The number of benzene rings is 2. The highest BCUT2D eigenvalue weighted by Gasteiger charge is 2.11. The number of allylic oxidation sites excluding steroid dienone is 1.